The Balaban J connectivity index is 1.34. The molecule has 3 aliphatic rings. The zero-order valence-electron chi connectivity index (χ0n) is 17.6. The Morgan fingerprint density at radius 2 is 1.70 bits per heavy atom. The number of fused-ring (bicyclic) bond motifs is 2. The van der Waals surface area contributed by atoms with Gasteiger partial charge in [0.25, 0.3) is 0 Å². The van der Waals surface area contributed by atoms with E-state index in [-0.39, 0.29) is 5.54 Å². The Kier molecular flexibility index (Phi) is 5.59. The Hall–Kier alpha value is -1.84. The minimum atomic E-state index is 0.0734. The van der Waals surface area contributed by atoms with Crippen molar-refractivity contribution < 1.29 is 4.79 Å². The zero-order valence-corrected chi connectivity index (χ0v) is 18.4. The van der Waals surface area contributed by atoms with E-state index < -0.39 is 0 Å². The van der Waals surface area contributed by atoms with E-state index in [1.165, 1.54) is 37.7 Å². The number of likely N-dealkylation sites (tertiary alicyclic amines) is 2. The molecule has 0 aromatic heterocycles. The number of amides is 1. The van der Waals surface area contributed by atoms with Crippen molar-refractivity contribution in [2.75, 3.05) is 19.6 Å². The van der Waals surface area contributed by atoms with Crippen molar-refractivity contribution >= 4 is 17.5 Å². The first-order chi connectivity index (χ1) is 14.6. The van der Waals surface area contributed by atoms with Gasteiger partial charge in [-0.1, -0.05) is 73.3 Å². The predicted molar refractivity (Wildman–Crippen MR) is 121 cm³/mol. The number of hydrogen-bond donors (Lipinski definition) is 0. The fraction of sp³-hybridized carbons (Fsp3) is 0.500. The highest BCUT2D eigenvalue weighted by Gasteiger charge is 2.57. The third kappa shape index (κ3) is 3.78. The largest absolute Gasteiger partial charge is 0.336 e. The molecule has 2 aliphatic heterocycles. The highest BCUT2D eigenvalue weighted by molar-refractivity contribution is 6.30. The first kappa shape index (κ1) is 20.1. The summed E-state index contributed by atoms with van der Waals surface area (Å²) in [5.41, 5.74) is 2.49. The molecule has 2 atom stereocenters. The van der Waals surface area contributed by atoms with Crippen LogP contribution in [0.25, 0.3) is 0 Å². The molecular weight excluding hydrogens is 392 g/mol. The van der Waals surface area contributed by atoms with Crippen LogP contribution < -0.4 is 0 Å². The van der Waals surface area contributed by atoms with E-state index in [2.05, 4.69) is 40.1 Å². The number of carbonyl (C=O) groups is 1. The Bertz CT molecular complexity index is 893. The Morgan fingerprint density at radius 1 is 0.933 bits per heavy atom. The van der Waals surface area contributed by atoms with Crippen LogP contribution in [0.1, 0.15) is 43.2 Å². The molecule has 3 nitrogen and oxygen atoms in total. The van der Waals surface area contributed by atoms with Gasteiger partial charge in [0, 0.05) is 42.7 Å². The topological polar surface area (TPSA) is 23.6 Å². The van der Waals surface area contributed by atoms with Crippen LogP contribution in [0, 0.1) is 11.8 Å². The lowest BCUT2D eigenvalue weighted by Crippen LogP contribution is -2.53. The lowest BCUT2D eigenvalue weighted by molar-refractivity contribution is -0.137. The second-order valence-corrected chi connectivity index (χ2v) is 9.96. The summed E-state index contributed by atoms with van der Waals surface area (Å²) in [6.07, 6.45) is 6.63. The molecule has 1 saturated carbocycles. The second-order valence-electron chi connectivity index (χ2n) is 9.52. The number of carbonyl (C=O) groups excluding carboxylic acids is 1. The molecule has 0 radical (unpaired) electrons. The molecule has 158 valence electrons. The molecule has 2 heterocycles. The van der Waals surface area contributed by atoms with Gasteiger partial charge in [0.05, 0.1) is 6.42 Å². The van der Waals surface area contributed by atoms with E-state index in [9.17, 15) is 4.79 Å². The normalized spacial score (nSPS) is 25.6. The van der Waals surface area contributed by atoms with E-state index in [1.807, 2.05) is 24.3 Å². The number of halogens is 1. The molecule has 3 fully saturated rings. The Morgan fingerprint density at radius 3 is 2.47 bits per heavy atom. The molecule has 5 rings (SSSR count). The fourth-order valence-electron chi connectivity index (χ4n) is 6.41. The molecule has 0 N–H and O–H groups in total. The quantitative estimate of drug-likeness (QED) is 0.678. The van der Waals surface area contributed by atoms with Gasteiger partial charge in [-0.15, -0.1) is 0 Å². The SMILES string of the molecule is O=C(Cc1cccc(Cl)c1)N1C[C@@H]2CN(Cc3ccccc3)C[C@H]2C12CCCCC2. The Labute approximate surface area is 185 Å². The fourth-order valence-corrected chi connectivity index (χ4v) is 6.63. The smallest absolute Gasteiger partial charge is 0.227 e. The van der Waals surface area contributed by atoms with E-state index in [4.69, 9.17) is 11.6 Å². The van der Waals surface area contributed by atoms with E-state index >= 15 is 0 Å². The van der Waals surface area contributed by atoms with Crippen LogP contribution in [0.4, 0.5) is 0 Å². The van der Waals surface area contributed by atoms with Crippen LogP contribution in [-0.2, 0) is 17.8 Å². The minimum absolute atomic E-state index is 0.0734. The van der Waals surface area contributed by atoms with Crippen LogP contribution in [0.2, 0.25) is 5.02 Å². The van der Waals surface area contributed by atoms with Crippen LogP contribution >= 0.6 is 11.6 Å². The maximum Gasteiger partial charge on any atom is 0.227 e. The highest BCUT2D eigenvalue weighted by atomic mass is 35.5. The van der Waals surface area contributed by atoms with Gasteiger partial charge in [0.15, 0.2) is 0 Å². The molecule has 1 spiro atoms. The second kappa shape index (κ2) is 8.36. The van der Waals surface area contributed by atoms with Crippen molar-refractivity contribution in [2.45, 2.75) is 50.6 Å². The summed E-state index contributed by atoms with van der Waals surface area (Å²) in [6, 6.07) is 18.6. The number of benzene rings is 2. The van der Waals surface area contributed by atoms with E-state index in [0.29, 0.717) is 29.2 Å². The molecule has 1 aliphatic carbocycles. The number of rotatable bonds is 4. The average Bonchev–Trinajstić information content (AvgIpc) is 3.27. The zero-order chi connectivity index (χ0) is 20.6. The monoisotopic (exact) mass is 422 g/mol. The predicted octanol–water partition coefficient (Wildman–Crippen LogP) is 5.18. The summed E-state index contributed by atoms with van der Waals surface area (Å²) in [6.45, 7) is 4.19. The first-order valence-electron chi connectivity index (χ1n) is 11.5. The van der Waals surface area contributed by atoms with Crippen LogP contribution in [0.5, 0.6) is 0 Å². The van der Waals surface area contributed by atoms with Crippen molar-refractivity contribution in [3.8, 4) is 0 Å². The molecule has 2 aromatic carbocycles. The minimum Gasteiger partial charge on any atom is -0.336 e. The van der Waals surface area contributed by atoms with Crippen molar-refractivity contribution in [2.24, 2.45) is 11.8 Å². The van der Waals surface area contributed by atoms with Gasteiger partial charge in [-0.05, 0) is 42.0 Å². The summed E-state index contributed by atoms with van der Waals surface area (Å²) >= 11 is 6.16. The van der Waals surface area contributed by atoms with Gasteiger partial charge >= 0.3 is 0 Å². The highest BCUT2D eigenvalue weighted by Crippen LogP contribution is 2.51. The van der Waals surface area contributed by atoms with Crippen molar-refractivity contribution in [3.63, 3.8) is 0 Å². The summed E-state index contributed by atoms with van der Waals surface area (Å²) in [5.74, 6) is 1.52. The summed E-state index contributed by atoms with van der Waals surface area (Å²) in [7, 11) is 0. The van der Waals surface area contributed by atoms with E-state index in [1.54, 1.807) is 0 Å². The lowest BCUT2D eigenvalue weighted by Gasteiger charge is -2.45. The first-order valence-corrected chi connectivity index (χ1v) is 11.8. The van der Waals surface area contributed by atoms with Crippen molar-refractivity contribution in [3.05, 3.63) is 70.7 Å². The number of hydrogen-bond acceptors (Lipinski definition) is 2. The van der Waals surface area contributed by atoms with Gasteiger partial charge in [0.1, 0.15) is 0 Å². The van der Waals surface area contributed by atoms with E-state index in [0.717, 1.165) is 31.7 Å². The maximum absolute atomic E-state index is 13.5. The summed E-state index contributed by atoms with van der Waals surface area (Å²) in [5, 5.41) is 0.711. The molecule has 0 unspecified atom stereocenters. The van der Waals surface area contributed by atoms with Crippen LogP contribution in [0.15, 0.2) is 54.6 Å². The van der Waals surface area contributed by atoms with Gasteiger partial charge in [-0.3, -0.25) is 9.69 Å². The average molecular weight is 423 g/mol. The molecule has 30 heavy (non-hydrogen) atoms. The third-order valence-electron chi connectivity index (χ3n) is 7.68. The summed E-state index contributed by atoms with van der Waals surface area (Å²) in [4.78, 5) is 18.4. The van der Waals surface area contributed by atoms with Crippen LogP contribution in [-0.4, -0.2) is 40.9 Å². The molecule has 2 saturated heterocycles. The van der Waals surface area contributed by atoms with Gasteiger partial charge < -0.3 is 4.90 Å². The molecular formula is C26H31ClN2O. The lowest BCUT2D eigenvalue weighted by atomic mass is 9.71. The van der Waals surface area contributed by atoms with Crippen LogP contribution in [0.3, 0.4) is 0 Å². The van der Waals surface area contributed by atoms with Crippen molar-refractivity contribution in [1.82, 2.24) is 9.80 Å². The molecule has 0 bridgehead atoms. The molecule has 4 heteroatoms. The van der Waals surface area contributed by atoms with Gasteiger partial charge in [-0.25, -0.2) is 0 Å². The molecule has 2 aromatic rings. The number of nitrogens with zero attached hydrogens (tertiary/aromatic N) is 2. The standard InChI is InChI=1S/C26H31ClN2O/c27-23-11-7-10-21(14-23)15-25(30)29-18-22-17-28(16-20-8-3-1-4-9-20)19-24(22)26(29)12-5-2-6-13-26/h1,3-4,7-11,14,22,24H,2,5-6,12-13,15-19H2/t22-,24+/m0/s1. The van der Waals surface area contributed by atoms with Gasteiger partial charge in [-0.2, -0.15) is 0 Å². The summed E-state index contributed by atoms with van der Waals surface area (Å²) < 4.78 is 0. The maximum atomic E-state index is 13.5. The molecule has 1 amide bonds. The van der Waals surface area contributed by atoms with Gasteiger partial charge in [0.2, 0.25) is 5.91 Å². The third-order valence-corrected chi connectivity index (χ3v) is 7.91. The van der Waals surface area contributed by atoms with Crippen molar-refractivity contribution in [1.29, 1.82) is 0 Å².